The molecule has 0 unspecified atom stereocenters. The Labute approximate surface area is 210 Å². The number of rotatable bonds is 5. The molecule has 4 heterocycles. The smallest absolute Gasteiger partial charge is 0.123 e. The molecule has 6 heteroatoms. The van der Waals surface area contributed by atoms with Crippen LogP contribution in [0.4, 0.5) is 0 Å². The van der Waals surface area contributed by atoms with E-state index in [-0.39, 0.29) is 0 Å². The van der Waals surface area contributed by atoms with Gasteiger partial charge in [-0.3, -0.25) is 0 Å². The highest BCUT2D eigenvalue weighted by atomic mass is 15.0. The zero-order chi connectivity index (χ0) is 23.9. The third kappa shape index (κ3) is 4.02. The van der Waals surface area contributed by atoms with Crippen LogP contribution in [0.15, 0.2) is 73.1 Å². The molecule has 2 fully saturated rings. The molecular weight excluding hydrogens is 444 g/mol. The molecule has 2 aromatic heterocycles. The zero-order valence-electron chi connectivity index (χ0n) is 20.2. The molecule has 2 aliphatic rings. The van der Waals surface area contributed by atoms with Gasteiger partial charge in [0.1, 0.15) is 11.6 Å². The molecule has 180 valence electrons. The summed E-state index contributed by atoms with van der Waals surface area (Å²) in [5.74, 6) is 2.08. The Morgan fingerprint density at radius 1 is 0.583 bits per heavy atom. The molecule has 4 N–H and O–H groups in total. The van der Waals surface area contributed by atoms with Crippen molar-refractivity contribution in [3.63, 3.8) is 0 Å². The topological polar surface area (TPSA) is 81.4 Å². The van der Waals surface area contributed by atoms with Crippen molar-refractivity contribution in [2.24, 2.45) is 0 Å². The van der Waals surface area contributed by atoms with Crippen LogP contribution in [0.3, 0.4) is 0 Å². The summed E-state index contributed by atoms with van der Waals surface area (Å²) in [6, 6.07) is 22.8. The normalized spacial score (nSPS) is 19.9. The first-order chi connectivity index (χ1) is 17.8. The number of hydrogen-bond donors (Lipinski definition) is 4. The van der Waals surface area contributed by atoms with Crippen LogP contribution >= 0.6 is 0 Å². The Morgan fingerprint density at radius 2 is 1.11 bits per heavy atom. The Bertz CT molecular complexity index is 1520. The van der Waals surface area contributed by atoms with Crippen molar-refractivity contribution in [2.45, 2.75) is 37.8 Å². The van der Waals surface area contributed by atoms with Crippen LogP contribution in [0.1, 0.15) is 49.4 Å². The predicted molar refractivity (Wildman–Crippen MR) is 145 cm³/mol. The summed E-state index contributed by atoms with van der Waals surface area (Å²) in [7, 11) is 0. The van der Waals surface area contributed by atoms with E-state index in [1.165, 1.54) is 40.3 Å². The summed E-state index contributed by atoms with van der Waals surface area (Å²) in [5.41, 5.74) is 6.88. The lowest BCUT2D eigenvalue weighted by molar-refractivity contribution is 0.613. The lowest BCUT2D eigenvalue weighted by Gasteiger charge is -2.08. The summed E-state index contributed by atoms with van der Waals surface area (Å²) in [4.78, 5) is 16.3. The highest BCUT2D eigenvalue weighted by molar-refractivity contribution is 5.90. The van der Waals surface area contributed by atoms with E-state index in [2.05, 4.69) is 91.2 Å². The Balaban J connectivity index is 1.15. The number of benzene rings is 3. The molecule has 3 aromatic carbocycles. The molecule has 2 atom stereocenters. The number of nitrogens with one attached hydrogen (secondary N) is 4. The van der Waals surface area contributed by atoms with Crippen LogP contribution in [0.5, 0.6) is 0 Å². The highest BCUT2D eigenvalue weighted by Crippen LogP contribution is 2.31. The summed E-state index contributed by atoms with van der Waals surface area (Å²) in [6.07, 6.45) is 8.63. The molecule has 36 heavy (non-hydrogen) atoms. The van der Waals surface area contributed by atoms with Crippen LogP contribution < -0.4 is 10.6 Å². The maximum atomic E-state index is 4.65. The lowest BCUT2D eigenvalue weighted by Crippen LogP contribution is -2.14. The molecule has 0 aliphatic carbocycles. The minimum absolute atomic E-state index is 0.347. The van der Waals surface area contributed by atoms with Crippen molar-refractivity contribution in [1.82, 2.24) is 30.6 Å². The van der Waals surface area contributed by atoms with Gasteiger partial charge in [-0.2, -0.15) is 0 Å². The molecule has 7 rings (SSSR count). The maximum Gasteiger partial charge on any atom is 0.123 e. The number of hydrogen-bond acceptors (Lipinski definition) is 4. The molecule has 0 spiro atoms. The number of nitrogens with zero attached hydrogens (tertiary/aromatic N) is 2. The SMILES string of the molecule is c1cc(-c2ccc3cc(-c4cnc([C@@H]5CCCN5)[nH]4)ccc3c2)cc(-c2cnc([C@@H]3CCCN3)[nH]2)c1. The van der Waals surface area contributed by atoms with E-state index in [9.17, 15) is 0 Å². The minimum atomic E-state index is 0.347. The fraction of sp³-hybridized carbons (Fsp3) is 0.267. The van der Waals surface area contributed by atoms with Gasteiger partial charge in [-0.05, 0) is 78.9 Å². The fourth-order valence-electron chi connectivity index (χ4n) is 5.62. The average molecular weight is 475 g/mol. The first-order valence-corrected chi connectivity index (χ1v) is 13.0. The molecule has 2 aliphatic heterocycles. The highest BCUT2D eigenvalue weighted by Gasteiger charge is 2.20. The molecule has 0 amide bonds. The van der Waals surface area contributed by atoms with E-state index in [1.807, 2.05) is 12.4 Å². The molecular formula is C30H30N6. The zero-order valence-corrected chi connectivity index (χ0v) is 20.2. The van der Waals surface area contributed by atoms with E-state index in [4.69, 9.17) is 0 Å². The molecule has 2 saturated heterocycles. The molecule has 0 saturated carbocycles. The van der Waals surface area contributed by atoms with Gasteiger partial charge in [0.15, 0.2) is 0 Å². The van der Waals surface area contributed by atoms with Crippen molar-refractivity contribution in [3.8, 4) is 33.6 Å². The Hall–Kier alpha value is -3.74. The summed E-state index contributed by atoms with van der Waals surface area (Å²) in [5, 5.41) is 9.49. The van der Waals surface area contributed by atoms with Gasteiger partial charge in [0.25, 0.3) is 0 Å². The van der Waals surface area contributed by atoms with Crippen molar-refractivity contribution in [2.75, 3.05) is 13.1 Å². The number of fused-ring (bicyclic) bond motifs is 1. The lowest BCUT2D eigenvalue weighted by atomic mass is 9.98. The van der Waals surface area contributed by atoms with E-state index < -0.39 is 0 Å². The first kappa shape index (κ1) is 21.5. The summed E-state index contributed by atoms with van der Waals surface area (Å²) in [6.45, 7) is 2.14. The van der Waals surface area contributed by atoms with Gasteiger partial charge in [0.05, 0.1) is 35.9 Å². The molecule has 6 nitrogen and oxygen atoms in total. The molecule has 0 radical (unpaired) electrons. The predicted octanol–water partition coefficient (Wildman–Crippen LogP) is 6.14. The van der Waals surface area contributed by atoms with Crippen molar-refractivity contribution >= 4 is 10.8 Å². The minimum Gasteiger partial charge on any atom is -0.341 e. The van der Waals surface area contributed by atoms with Crippen LogP contribution in [-0.2, 0) is 0 Å². The number of aromatic nitrogens is 4. The van der Waals surface area contributed by atoms with E-state index in [0.717, 1.165) is 54.5 Å². The van der Waals surface area contributed by atoms with Crippen LogP contribution in [0.25, 0.3) is 44.4 Å². The summed E-state index contributed by atoms with van der Waals surface area (Å²) >= 11 is 0. The third-order valence-corrected chi connectivity index (χ3v) is 7.63. The maximum absolute atomic E-state index is 4.65. The monoisotopic (exact) mass is 474 g/mol. The summed E-state index contributed by atoms with van der Waals surface area (Å²) < 4.78 is 0. The van der Waals surface area contributed by atoms with E-state index in [1.54, 1.807) is 0 Å². The second-order valence-electron chi connectivity index (χ2n) is 10.0. The number of aromatic amines is 2. The second kappa shape index (κ2) is 9.04. The Morgan fingerprint density at radius 3 is 1.72 bits per heavy atom. The van der Waals surface area contributed by atoms with Gasteiger partial charge in [-0.1, -0.05) is 42.5 Å². The van der Waals surface area contributed by atoms with Crippen LogP contribution in [-0.4, -0.2) is 33.0 Å². The van der Waals surface area contributed by atoms with Gasteiger partial charge in [-0.15, -0.1) is 0 Å². The largest absolute Gasteiger partial charge is 0.341 e. The van der Waals surface area contributed by atoms with Gasteiger partial charge in [0.2, 0.25) is 0 Å². The van der Waals surface area contributed by atoms with E-state index >= 15 is 0 Å². The van der Waals surface area contributed by atoms with Gasteiger partial charge >= 0.3 is 0 Å². The molecule has 0 bridgehead atoms. The van der Waals surface area contributed by atoms with Gasteiger partial charge in [-0.25, -0.2) is 9.97 Å². The van der Waals surface area contributed by atoms with Gasteiger partial charge in [0, 0.05) is 11.1 Å². The van der Waals surface area contributed by atoms with Crippen molar-refractivity contribution in [3.05, 3.63) is 84.7 Å². The fourth-order valence-corrected chi connectivity index (χ4v) is 5.62. The van der Waals surface area contributed by atoms with Crippen LogP contribution in [0.2, 0.25) is 0 Å². The standard InChI is InChI=1S/C30H30N6/c1-4-19(15-23(5-1)27-17-33-29(35-27)25-6-2-12-31-25)20-8-9-22-16-24(11-10-21(22)14-20)28-18-34-30(36-28)26-7-3-13-32-26/h1,4-5,8-11,14-18,25-26,31-32H,2-3,6-7,12-13H2,(H,33,35)(H,34,36)/t25-,26-/m0/s1. The number of imidazole rings is 2. The van der Waals surface area contributed by atoms with Crippen molar-refractivity contribution < 1.29 is 0 Å². The third-order valence-electron chi connectivity index (χ3n) is 7.63. The quantitative estimate of drug-likeness (QED) is 0.247. The first-order valence-electron chi connectivity index (χ1n) is 13.0. The average Bonchev–Trinajstić information content (AvgIpc) is 3.74. The Kier molecular flexibility index (Phi) is 5.41. The number of H-pyrrole nitrogens is 2. The second-order valence-corrected chi connectivity index (χ2v) is 10.0. The molecule has 5 aromatic rings. The van der Waals surface area contributed by atoms with Crippen molar-refractivity contribution in [1.29, 1.82) is 0 Å². The van der Waals surface area contributed by atoms with Crippen LogP contribution in [0, 0.1) is 0 Å². The van der Waals surface area contributed by atoms with Gasteiger partial charge < -0.3 is 20.6 Å². The van der Waals surface area contributed by atoms with E-state index in [0.29, 0.717) is 12.1 Å².